The molecule has 1 aromatic rings. The number of carbonyl (C=O) groups is 1. The van der Waals surface area contributed by atoms with Gasteiger partial charge in [0.05, 0.1) is 12.1 Å². The first-order valence-electron chi connectivity index (χ1n) is 11.1. The molecule has 0 heterocycles. The van der Waals surface area contributed by atoms with Crippen LogP contribution in [0, 0.1) is 16.7 Å². The van der Waals surface area contributed by atoms with Crippen LogP contribution in [0.3, 0.4) is 0 Å². The second-order valence-electron chi connectivity index (χ2n) is 10.7. The SMILES string of the molecule is N[C@H]1CC[C@@H](NC(=O)C23CC4CC(CF)(C2)CC(c2ccccc2)(C4)C3)CC1. The number of nitrogens with two attached hydrogens (primary N) is 1. The molecule has 4 unspecified atom stereocenters. The Labute approximate surface area is 167 Å². The highest BCUT2D eigenvalue weighted by molar-refractivity contribution is 5.84. The summed E-state index contributed by atoms with van der Waals surface area (Å²) >= 11 is 0. The van der Waals surface area contributed by atoms with E-state index in [-0.39, 0.29) is 40.9 Å². The lowest BCUT2D eigenvalue weighted by molar-refractivity contribution is -0.166. The van der Waals surface area contributed by atoms with E-state index in [0.29, 0.717) is 5.92 Å². The summed E-state index contributed by atoms with van der Waals surface area (Å²) in [6.07, 6.45) is 9.49. The highest BCUT2D eigenvalue weighted by atomic mass is 19.1. The second-order valence-corrected chi connectivity index (χ2v) is 10.7. The van der Waals surface area contributed by atoms with Crippen molar-refractivity contribution in [2.24, 2.45) is 22.5 Å². The molecule has 3 nitrogen and oxygen atoms in total. The summed E-state index contributed by atoms with van der Waals surface area (Å²) in [5.74, 6) is 0.674. The van der Waals surface area contributed by atoms with E-state index in [2.05, 4.69) is 29.6 Å². The summed E-state index contributed by atoms with van der Waals surface area (Å²) < 4.78 is 14.4. The van der Waals surface area contributed by atoms with Crippen molar-refractivity contribution >= 4 is 5.91 Å². The van der Waals surface area contributed by atoms with E-state index >= 15 is 0 Å². The number of halogens is 1. The first-order chi connectivity index (χ1) is 13.5. The molecule has 3 N–H and O–H groups in total. The zero-order valence-electron chi connectivity index (χ0n) is 16.8. The zero-order valence-corrected chi connectivity index (χ0v) is 16.8. The molecule has 0 spiro atoms. The Balaban J connectivity index is 1.45. The van der Waals surface area contributed by atoms with Crippen LogP contribution < -0.4 is 11.1 Å². The molecule has 5 aliphatic rings. The van der Waals surface area contributed by atoms with Crippen LogP contribution in [0.2, 0.25) is 0 Å². The van der Waals surface area contributed by atoms with Gasteiger partial charge in [-0.15, -0.1) is 0 Å². The monoisotopic (exact) mass is 384 g/mol. The van der Waals surface area contributed by atoms with Crippen molar-refractivity contribution in [2.45, 2.75) is 81.7 Å². The highest BCUT2D eigenvalue weighted by Crippen LogP contribution is 2.70. The fourth-order valence-corrected chi connectivity index (χ4v) is 7.76. The van der Waals surface area contributed by atoms with Crippen LogP contribution in [-0.2, 0) is 10.2 Å². The number of alkyl halides is 1. The molecule has 5 aliphatic carbocycles. The lowest BCUT2D eigenvalue weighted by atomic mass is 9.38. The van der Waals surface area contributed by atoms with E-state index in [1.807, 2.05) is 6.07 Å². The van der Waals surface area contributed by atoms with Gasteiger partial charge in [0.2, 0.25) is 5.91 Å². The lowest BCUT2D eigenvalue weighted by Gasteiger charge is -2.65. The van der Waals surface area contributed by atoms with Crippen molar-refractivity contribution < 1.29 is 9.18 Å². The molecule has 4 atom stereocenters. The van der Waals surface area contributed by atoms with Crippen molar-refractivity contribution in [1.82, 2.24) is 5.32 Å². The maximum atomic E-state index is 14.4. The number of nitrogens with one attached hydrogen (secondary N) is 1. The van der Waals surface area contributed by atoms with Gasteiger partial charge in [-0.2, -0.15) is 0 Å². The van der Waals surface area contributed by atoms with Gasteiger partial charge in [0, 0.05) is 17.5 Å². The molecule has 1 amide bonds. The molecule has 6 rings (SSSR count). The summed E-state index contributed by atoms with van der Waals surface area (Å²) in [4.78, 5) is 13.6. The van der Waals surface area contributed by atoms with Gasteiger partial charge in [0.1, 0.15) is 0 Å². The molecule has 1 aromatic carbocycles. The van der Waals surface area contributed by atoms with Gasteiger partial charge in [-0.25, -0.2) is 0 Å². The van der Waals surface area contributed by atoms with Gasteiger partial charge in [-0.3, -0.25) is 9.18 Å². The lowest BCUT2D eigenvalue weighted by Crippen LogP contribution is -2.64. The number of rotatable bonds is 4. The molecule has 4 bridgehead atoms. The van der Waals surface area contributed by atoms with Crippen molar-refractivity contribution in [2.75, 3.05) is 6.67 Å². The van der Waals surface area contributed by atoms with E-state index in [4.69, 9.17) is 5.73 Å². The summed E-state index contributed by atoms with van der Waals surface area (Å²) in [7, 11) is 0. The molecule has 5 saturated carbocycles. The predicted molar refractivity (Wildman–Crippen MR) is 109 cm³/mol. The maximum Gasteiger partial charge on any atom is 0.226 e. The van der Waals surface area contributed by atoms with E-state index in [1.165, 1.54) is 5.56 Å². The number of hydrogen-bond donors (Lipinski definition) is 2. The molecule has 0 aromatic heterocycles. The summed E-state index contributed by atoms with van der Waals surface area (Å²) in [5.41, 5.74) is 6.63. The van der Waals surface area contributed by atoms with Crippen LogP contribution in [-0.4, -0.2) is 24.7 Å². The van der Waals surface area contributed by atoms with Crippen LogP contribution in [0.4, 0.5) is 4.39 Å². The number of benzene rings is 1. The third-order valence-electron chi connectivity index (χ3n) is 8.44. The average molecular weight is 385 g/mol. The van der Waals surface area contributed by atoms with Crippen molar-refractivity contribution in [3.8, 4) is 0 Å². The molecule has 4 heteroatoms. The second kappa shape index (κ2) is 6.55. The van der Waals surface area contributed by atoms with E-state index in [9.17, 15) is 9.18 Å². The minimum atomic E-state index is -0.388. The molecule has 5 fully saturated rings. The van der Waals surface area contributed by atoms with Gasteiger partial charge < -0.3 is 11.1 Å². The largest absolute Gasteiger partial charge is 0.353 e. The molecule has 0 saturated heterocycles. The Bertz CT molecular complexity index is 746. The first-order valence-corrected chi connectivity index (χ1v) is 11.1. The van der Waals surface area contributed by atoms with Crippen molar-refractivity contribution in [1.29, 1.82) is 0 Å². The minimum absolute atomic E-state index is 0.0287. The van der Waals surface area contributed by atoms with Gasteiger partial charge in [-0.1, -0.05) is 30.3 Å². The maximum absolute atomic E-state index is 14.4. The fourth-order valence-electron chi connectivity index (χ4n) is 7.76. The zero-order chi connectivity index (χ0) is 19.4. The summed E-state index contributed by atoms with van der Waals surface area (Å²) in [6.45, 7) is -0.286. The Morgan fingerprint density at radius 1 is 1.04 bits per heavy atom. The Kier molecular flexibility index (Phi) is 4.35. The number of hydrogen-bond acceptors (Lipinski definition) is 2. The smallest absolute Gasteiger partial charge is 0.226 e. The average Bonchev–Trinajstić information content (AvgIpc) is 2.69. The quantitative estimate of drug-likeness (QED) is 0.815. The van der Waals surface area contributed by atoms with Crippen LogP contribution in [0.15, 0.2) is 30.3 Å². The highest BCUT2D eigenvalue weighted by Gasteiger charge is 2.66. The van der Waals surface area contributed by atoms with Crippen LogP contribution in [0.25, 0.3) is 0 Å². The molecular weight excluding hydrogens is 351 g/mol. The molecule has 0 aliphatic heterocycles. The van der Waals surface area contributed by atoms with Crippen molar-refractivity contribution in [3.05, 3.63) is 35.9 Å². The predicted octanol–water partition coefficient (Wildman–Crippen LogP) is 4.25. The van der Waals surface area contributed by atoms with Crippen LogP contribution in [0.5, 0.6) is 0 Å². The van der Waals surface area contributed by atoms with Gasteiger partial charge in [0.15, 0.2) is 0 Å². The topological polar surface area (TPSA) is 55.1 Å². The molecule has 0 radical (unpaired) electrons. The Hall–Kier alpha value is -1.42. The minimum Gasteiger partial charge on any atom is -0.353 e. The van der Waals surface area contributed by atoms with Crippen LogP contribution >= 0.6 is 0 Å². The Morgan fingerprint density at radius 3 is 2.50 bits per heavy atom. The third kappa shape index (κ3) is 2.91. The summed E-state index contributed by atoms with van der Waals surface area (Å²) in [5, 5.41) is 3.39. The van der Waals surface area contributed by atoms with E-state index < -0.39 is 0 Å². The summed E-state index contributed by atoms with van der Waals surface area (Å²) in [6, 6.07) is 11.2. The van der Waals surface area contributed by atoms with Gasteiger partial charge in [-0.05, 0) is 81.1 Å². The molecular formula is C24H33FN2O. The number of carbonyl (C=O) groups excluding carboxylic acids is 1. The molecule has 152 valence electrons. The normalized spacial score (nSPS) is 44.4. The standard InChI is InChI=1S/C24H33FN2O/c25-16-22-10-17-11-23(13-22,18-4-2-1-3-5-18)15-24(12-17,14-22)21(28)27-20-8-6-19(26)7-9-20/h1-5,17,19-20H,6-16,26H2,(H,27,28)/t17?,19-,20+,22?,23?,24?. The number of amides is 1. The molecule has 28 heavy (non-hydrogen) atoms. The van der Waals surface area contributed by atoms with Gasteiger partial charge in [0.25, 0.3) is 0 Å². The van der Waals surface area contributed by atoms with Gasteiger partial charge >= 0.3 is 0 Å². The van der Waals surface area contributed by atoms with Crippen molar-refractivity contribution in [3.63, 3.8) is 0 Å². The van der Waals surface area contributed by atoms with E-state index in [1.54, 1.807) is 0 Å². The van der Waals surface area contributed by atoms with E-state index in [0.717, 1.165) is 64.2 Å². The third-order valence-corrected chi connectivity index (χ3v) is 8.44. The first kappa shape index (κ1) is 18.6. The van der Waals surface area contributed by atoms with Crippen LogP contribution in [0.1, 0.15) is 69.8 Å². The Morgan fingerprint density at radius 2 is 1.79 bits per heavy atom. The fraction of sp³-hybridized carbons (Fsp3) is 0.708.